The second-order valence-electron chi connectivity index (χ2n) is 3.57. The first kappa shape index (κ1) is 10.7. The molecule has 0 aliphatic carbocycles. The van der Waals surface area contributed by atoms with E-state index in [1.807, 2.05) is 12.1 Å². The predicted octanol–water partition coefficient (Wildman–Crippen LogP) is 1.63. The summed E-state index contributed by atoms with van der Waals surface area (Å²) in [6.45, 7) is 2.61. The van der Waals surface area contributed by atoms with Crippen molar-refractivity contribution in [3.63, 3.8) is 0 Å². The Hall–Kier alpha value is -1.84. The summed E-state index contributed by atoms with van der Waals surface area (Å²) in [5.74, 6) is 0. The van der Waals surface area contributed by atoms with Gasteiger partial charge in [0.1, 0.15) is 6.61 Å². The Morgan fingerprint density at radius 1 is 1.38 bits per heavy atom. The number of pyridine rings is 2. The lowest BCUT2D eigenvalue weighted by Crippen LogP contribution is -2.27. The van der Waals surface area contributed by atoms with Crippen LogP contribution in [-0.4, -0.2) is 16.3 Å². The first-order chi connectivity index (χ1) is 7.83. The summed E-state index contributed by atoms with van der Waals surface area (Å²) in [6, 6.07) is 6.99. The van der Waals surface area contributed by atoms with Gasteiger partial charge in [-0.15, -0.1) is 4.73 Å². The zero-order valence-electron chi connectivity index (χ0n) is 9.22. The van der Waals surface area contributed by atoms with Crippen molar-refractivity contribution in [1.82, 2.24) is 9.71 Å². The number of hydrogen-bond donors (Lipinski definition) is 0. The zero-order valence-corrected chi connectivity index (χ0v) is 9.22. The first-order valence-electron chi connectivity index (χ1n) is 5.43. The second-order valence-corrected chi connectivity index (χ2v) is 3.57. The fourth-order valence-corrected chi connectivity index (χ4v) is 1.47. The van der Waals surface area contributed by atoms with Crippen LogP contribution in [0.5, 0.6) is 0 Å². The molecule has 0 aliphatic heterocycles. The summed E-state index contributed by atoms with van der Waals surface area (Å²) >= 11 is 0. The molecule has 2 heterocycles. The van der Waals surface area contributed by atoms with Crippen molar-refractivity contribution >= 4 is 11.0 Å². The van der Waals surface area contributed by atoms with E-state index in [-0.39, 0.29) is 5.56 Å². The van der Waals surface area contributed by atoms with Crippen LogP contribution in [0.1, 0.15) is 19.8 Å². The molecule has 0 saturated carbocycles. The molecule has 0 saturated heterocycles. The number of nitrogens with zero attached hydrogens (tertiary/aromatic N) is 2. The number of fused-ring (bicyclic) bond motifs is 1. The molecular formula is C12H14N2O2. The molecule has 2 rings (SSSR count). The van der Waals surface area contributed by atoms with Crippen LogP contribution >= 0.6 is 0 Å². The van der Waals surface area contributed by atoms with E-state index < -0.39 is 0 Å². The van der Waals surface area contributed by atoms with Crippen molar-refractivity contribution in [2.24, 2.45) is 0 Å². The molecule has 0 bridgehead atoms. The third-order valence-electron chi connectivity index (χ3n) is 2.33. The summed E-state index contributed by atoms with van der Waals surface area (Å²) in [6.07, 6.45) is 3.62. The summed E-state index contributed by atoms with van der Waals surface area (Å²) in [5, 5.41) is 0.901. The van der Waals surface area contributed by atoms with E-state index in [0.29, 0.717) is 12.3 Å². The third-order valence-corrected chi connectivity index (χ3v) is 2.33. The monoisotopic (exact) mass is 218 g/mol. The predicted molar refractivity (Wildman–Crippen MR) is 62.4 cm³/mol. The highest BCUT2D eigenvalue weighted by atomic mass is 16.7. The van der Waals surface area contributed by atoms with Crippen LogP contribution in [0, 0.1) is 0 Å². The standard InChI is InChI=1S/C12H14N2O2/c1-2-3-9-16-14-11(15)7-6-10-5-4-8-13-12(10)14/h4-8H,2-3,9H2,1H3. The Morgan fingerprint density at radius 2 is 2.25 bits per heavy atom. The van der Waals surface area contributed by atoms with Gasteiger partial charge in [-0.2, -0.15) is 0 Å². The Kier molecular flexibility index (Phi) is 3.19. The van der Waals surface area contributed by atoms with E-state index >= 15 is 0 Å². The van der Waals surface area contributed by atoms with E-state index in [9.17, 15) is 4.79 Å². The normalized spacial score (nSPS) is 10.6. The molecule has 0 aromatic carbocycles. The average Bonchev–Trinajstić information content (AvgIpc) is 2.32. The molecular weight excluding hydrogens is 204 g/mol. The molecule has 0 fully saturated rings. The van der Waals surface area contributed by atoms with Gasteiger partial charge in [0, 0.05) is 17.6 Å². The van der Waals surface area contributed by atoms with Gasteiger partial charge in [0.15, 0.2) is 5.65 Å². The minimum atomic E-state index is -0.178. The molecule has 0 aliphatic rings. The van der Waals surface area contributed by atoms with Crippen molar-refractivity contribution in [2.75, 3.05) is 6.61 Å². The number of unbranched alkanes of at least 4 members (excludes halogenated alkanes) is 1. The number of aromatic nitrogens is 2. The van der Waals surface area contributed by atoms with Crippen molar-refractivity contribution in [1.29, 1.82) is 0 Å². The SMILES string of the molecule is CCCCOn1c(=O)ccc2cccnc21. The van der Waals surface area contributed by atoms with Crippen LogP contribution in [0.2, 0.25) is 0 Å². The van der Waals surface area contributed by atoms with Gasteiger partial charge in [0.05, 0.1) is 0 Å². The van der Waals surface area contributed by atoms with Gasteiger partial charge in [-0.3, -0.25) is 4.79 Å². The fourth-order valence-electron chi connectivity index (χ4n) is 1.47. The molecule has 0 atom stereocenters. The Balaban J connectivity index is 2.41. The maximum absolute atomic E-state index is 11.6. The van der Waals surface area contributed by atoms with Crippen LogP contribution in [0.4, 0.5) is 0 Å². The van der Waals surface area contributed by atoms with Gasteiger partial charge in [0.2, 0.25) is 0 Å². The smallest absolute Gasteiger partial charge is 0.285 e. The van der Waals surface area contributed by atoms with Crippen LogP contribution in [-0.2, 0) is 0 Å². The summed E-state index contributed by atoms with van der Waals surface area (Å²) < 4.78 is 1.27. The van der Waals surface area contributed by atoms with Crippen LogP contribution in [0.15, 0.2) is 35.3 Å². The van der Waals surface area contributed by atoms with Crippen LogP contribution in [0.3, 0.4) is 0 Å². The minimum Gasteiger partial charge on any atom is -0.409 e. The molecule has 0 unspecified atom stereocenters. The van der Waals surface area contributed by atoms with E-state index in [0.717, 1.165) is 18.2 Å². The minimum absolute atomic E-state index is 0.178. The lowest BCUT2D eigenvalue weighted by atomic mass is 10.3. The number of hydrogen-bond acceptors (Lipinski definition) is 3. The molecule has 0 spiro atoms. The van der Waals surface area contributed by atoms with Gasteiger partial charge in [-0.05, 0) is 24.6 Å². The molecule has 2 aromatic rings. The van der Waals surface area contributed by atoms with E-state index in [1.165, 1.54) is 10.8 Å². The molecule has 16 heavy (non-hydrogen) atoms. The maximum Gasteiger partial charge on any atom is 0.285 e. The van der Waals surface area contributed by atoms with Crippen molar-refractivity contribution in [2.45, 2.75) is 19.8 Å². The molecule has 4 nitrogen and oxygen atoms in total. The maximum atomic E-state index is 11.6. The van der Waals surface area contributed by atoms with Crippen molar-refractivity contribution < 1.29 is 4.84 Å². The molecule has 2 aromatic heterocycles. The third kappa shape index (κ3) is 2.05. The average molecular weight is 218 g/mol. The quantitative estimate of drug-likeness (QED) is 0.732. The molecule has 4 heteroatoms. The Bertz CT molecular complexity index is 534. The molecule has 84 valence electrons. The highest BCUT2D eigenvalue weighted by molar-refractivity contribution is 5.74. The molecule has 0 N–H and O–H groups in total. The van der Waals surface area contributed by atoms with Gasteiger partial charge in [-0.1, -0.05) is 13.3 Å². The summed E-state index contributed by atoms with van der Waals surface area (Å²) in [5.41, 5.74) is 0.397. The highest BCUT2D eigenvalue weighted by Gasteiger charge is 2.03. The van der Waals surface area contributed by atoms with E-state index in [1.54, 1.807) is 12.3 Å². The Morgan fingerprint density at radius 3 is 3.06 bits per heavy atom. The fraction of sp³-hybridized carbons (Fsp3) is 0.333. The van der Waals surface area contributed by atoms with Crippen molar-refractivity contribution in [3.8, 4) is 0 Å². The van der Waals surface area contributed by atoms with Gasteiger partial charge < -0.3 is 4.84 Å². The van der Waals surface area contributed by atoms with Gasteiger partial charge >= 0.3 is 0 Å². The van der Waals surface area contributed by atoms with E-state index in [2.05, 4.69) is 11.9 Å². The topological polar surface area (TPSA) is 44.1 Å². The van der Waals surface area contributed by atoms with Crippen LogP contribution < -0.4 is 10.4 Å². The molecule has 0 amide bonds. The second kappa shape index (κ2) is 4.79. The summed E-state index contributed by atoms with van der Waals surface area (Å²) in [7, 11) is 0. The Labute approximate surface area is 93.5 Å². The first-order valence-corrected chi connectivity index (χ1v) is 5.43. The van der Waals surface area contributed by atoms with Gasteiger partial charge in [-0.25, -0.2) is 4.98 Å². The lowest BCUT2D eigenvalue weighted by Gasteiger charge is -2.09. The largest absolute Gasteiger partial charge is 0.409 e. The number of rotatable bonds is 4. The summed E-state index contributed by atoms with van der Waals surface area (Å²) in [4.78, 5) is 21.2. The molecule has 0 radical (unpaired) electrons. The van der Waals surface area contributed by atoms with Gasteiger partial charge in [0.25, 0.3) is 5.56 Å². The highest BCUT2D eigenvalue weighted by Crippen LogP contribution is 2.06. The lowest BCUT2D eigenvalue weighted by molar-refractivity contribution is 0.108. The van der Waals surface area contributed by atoms with E-state index in [4.69, 9.17) is 4.84 Å². The van der Waals surface area contributed by atoms with Crippen LogP contribution in [0.25, 0.3) is 11.0 Å². The zero-order chi connectivity index (χ0) is 11.4. The van der Waals surface area contributed by atoms with Crippen molar-refractivity contribution in [3.05, 3.63) is 40.8 Å².